The number of carbonyl (C=O) groups excluding carboxylic acids is 2. The van der Waals surface area contributed by atoms with Gasteiger partial charge in [-0.15, -0.1) is 20.4 Å². The van der Waals surface area contributed by atoms with E-state index in [-0.39, 0.29) is 58.6 Å². The maximum atomic E-state index is 14.8. The number of rotatable bonds is 13. The van der Waals surface area contributed by atoms with Crippen molar-refractivity contribution in [1.29, 1.82) is 0 Å². The highest BCUT2D eigenvalue weighted by Crippen LogP contribution is 2.50. The van der Waals surface area contributed by atoms with Crippen molar-refractivity contribution in [2.75, 3.05) is 30.5 Å². The summed E-state index contributed by atoms with van der Waals surface area (Å²) in [6.07, 6.45) is 4.79. The van der Waals surface area contributed by atoms with E-state index in [0.29, 0.717) is 40.8 Å². The van der Waals surface area contributed by atoms with E-state index >= 15 is 0 Å². The first-order valence-electron chi connectivity index (χ1n) is 20.9. The van der Waals surface area contributed by atoms with Crippen LogP contribution in [0.3, 0.4) is 0 Å². The first kappa shape index (κ1) is 45.7. The summed E-state index contributed by atoms with van der Waals surface area (Å²) in [4.78, 5) is 34.6. The summed E-state index contributed by atoms with van der Waals surface area (Å²) in [7, 11) is -0.319. The molecule has 4 heterocycles. The van der Waals surface area contributed by atoms with Gasteiger partial charge in [0.15, 0.2) is 11.6 Å². The number of pyridine rings is 2. The van der Waals surface area contributed by atoms with Crippen LogP contribution in [0, 0.1) is 31.4 Å². The second kappa shape index (κ2) is 18.4. The number of hydrogen-bond acceptors (Lipinski definition) is 11. The van der Waals surface area contributed by atoms with Crippen LogP contribution in [0.15, 0.2) is 73.3 Å². The van der Waals surface area contributed by atoms with E-state index in [1.54, 1.807) is 62.0 Å². The summed E-state index contributed by atoms with van der Waals surface area (Å²) in [5.74, 6) is -0.512. The molecule has 0 saturated heterocycles. The normalized spacial score (nSPS) is 17.9. The predicted octanol–water partition coefficient (Wildman–Crippen LogP) is 7.05. The number of halogens is 2. The van der Waals surface area contributed by atoms with Gasteiger partial charge in [0.1, 0.15) is 47.3 Å². The van der Waals surface area contributed by atoms with Crippen LogP contribution in [0.2, 0.25) is 0 Å². The van der Waals surface area contributed by atoms with Gasteiger partial charge in [-0.1, -0.05) is 12.1 Å². The molecule has 64 heavy (non-hydrogen) atoms. The summed E-state index contributed by atoms with van der Waals surface area (Å²) >= 11 is 0. The Hall–Kier alpha value is -6.31. The van der Waals surface area contributed by atoms with Gasteiger partial charge in [0, 0.05) is 38.1 Å². The lowest BCUT2D eigenvalue weighted by Gasteiger charge is -2.13. The highest BCUT2D eigenvalue weighted by molar-refractivity contribution is 7.89. The molecule has 4 aromatic heterocycles. The van der Waals surface area contributed by atoms with Crippen LogP contribution in [0.25, 0.3) is 23.0 Å². The number of aryl methyl sites for hydroxylation is 2. The monoisotopic (exact) mass is 894 g/mol. The Balaban J connectivity index is 0.000000195. The number of carbonyl (C=O) groups is 2. The number of sulfonamides is 1. The zero-order chi connectivity index (χ0) is 46.2. The summed E-state index contributed by atoms with van der Waals surface area (Å²) in [5.41, 5.74) is 10.1. The third kappa shape index (κ3) is 10.1. The molecule has 4 N–H and O–H groups in total. The van der Waals surface area contributed by atoms with Crippen molar-refractivity contribution in [1.82, 2.24) is 43.8 Å². The van der Waals surface area contributed by atoms with Gasteiger partial charge in [0.05, 0.1) is 16.9 Å². The molecule has 2 amide bonds. The van der Waals surface area contributed by atoms with Crippen LogP contribution < -0.4 is 16.4 Å². The second-order valence-corrected chi connectivity index (χ2v) is 19.3. The van der Waals surface area contributed by atoms with Crippen LogP contribution in [-0.4, -0.2) is 89.9 Å². The maximum absolute atomic E-state index is 14.8. The van der Waals surface area contributed by atoms with Crippen LogP contribution >= 0.6 is 0 Å². The highest BCUT2D eigenvalue weighted by atomic mass is 32.2. The van der Waals surface area contributed by atoms with E-state index in [4.69, 9.17) is 5.73 Å². The average molecular weight is 895 g/mol. The SMILES string of the molecule is Cc1cc(F)c(C(=O)Nc2cccc(-c3nncn3C(C)C)n2)cc1C1CC1CS(=O)(=O)N(C)C.Cc1cc(F)c(C(=O)Nc2cccc(-c3nncn3C(C)C)n2)cc1C1CC1N. The highest BCUT2D eigenvalue weighted by Gasteiger charge is 2.43. The van der Waals surface area contributed by atoms with Crippen LogP contribution in [0.1, 0.15) is 107 Å². The average Bonchev–Trinajstić information content (AvgIpc) is 3.97. The molecule has 6 aromatic rings. The molecule has 0 spiro atoms. The lowest BCUT2D eigenvalue weighted by molar-refractivity contribution is 0.101. The smallest absolute Gasteiger partial charge is 0.259 e. The molecule has 0 bridgehead atoms. The van der Waals surface area contributed by atoms with Crippen molar-refractivity contribution < 1.29 is 26.8 Å². The molecule has 4 unspecified atom stereocenters. The first-order chi connectivity index (χ1) is 30.3. The molecular formula is C45H52F2N12O4S. The molecule has 19 heteroatoms. The number of anilines is 2. The van der Waals surface area contributed by atoms with Crippen molar-refractivity contribution >= 4 is 33.5 Å². The van der Waals surface area contributed by atoms with E-state index in [0.717, 1.165) is 23.1 Å². The van der Waals surface area contributed by atoms with Crippen molar-refractivity contribution in [2.45, 2.75) is 84.3 Å². The molecule has 2 aliphatic carbocycles. The Morgan fingerprint density at radius 2 is 1.19 bits per heavy atom. The van der Waals surface area contributed by atoms with Crippen molar-refractivity contribution in [2.24, 2.45) is 11.7 Å². The third-order valence-corrected chi connectivity index (χ3v) is 13.4. The van der Waals surface area contributed by atoms with Gasteiger partial charge < -0.3 is 25.5 Å². The van der Waals surface area contributed by atoms with Crippen molar-refractivity contribution in [3.05, 3.63) is 118 Å². The summed E-state index contributed by atoms with van der Waals surface area (Å²) < 4.78 is 58.7. The van der Waals surface area contributed by atoms with Gasteiger partial charge in [-0.25, -0.2) is 31.5 Å². The van der Waals surface area contributed by atoms with E-state index in [9.17, 15) is 26.8 Å². The quantitative estimate of drug-likeness (QED) is 0.107. The lowest BCUT2D eigenvalue weighted by atomic mass is 9.99. The Bertz CT molecular complexity index is 2830. The largest absolute Gasteiger partial charge is 0.327 e. The molecule has 2 saturated carbocycles. The minimum Gasteiger partial charge on any atom is -0.327 e. The predicted molar refractivity (Wildman–Crippen MR) is 239 cm³/mol. The van der Waals surface area contributed by atoms with E-state index in [2.05, 4.69) is 41.0 Å². The van der Waals surface area contributed by atoms with E-state index in [1.807, 2.05) is 43.8 Å². The minimum absolute atomic E-state index is 0.0118. The lowest BCUT2D eigenvalue weighted by Crippen LogP contribution is -2.26. The number of hydrogen-bond donors (Lipinski definition) is 3. The number of nitrogens with zero attached hydrogens (tertiary/aromatic N) is 9. The first-order valence-corrected chi connectivity index (χ1v) is 22.6. The Morgan fingerprint density at radius 1 is 0.750 bits per heavy atom. The number of aromatic nitrogens is 8. The van der Waals surface area contributed by atoms with Gasteiger partial charge in [-0.3, -0.25) is 9.59 Å². The third-order valence-electron chi connectivity index (χ3n) is 11.4. The molecule has 2 aromatic carbocycles. The molecule has 2 fully saturated rings. The standard InChI is InChI=1S/C24H29FN6O3S.C21H23FN6O/c1-14(2)31-13-26-29-23(31)21-7-6-8-22(27-21)28-24(32)19-11-17(15(3)9-20(19)25)18-10-16(18)12-35(33,34)30(4)5;1-11(2)28-10-24-27-20(28)18-5-4-6-19(25-18)26-21(29)15-8-13(14-9-17(14)23)12(3)7-16(15)22/h6-9,11,13-14,16,18H,10,12H2,1-5H3,(H,27,28,32);4-8,10-11,14,17H,9,23H2,1-3H3,(H,25,26,29). The van der Waals surface area contributed by atoms with Crippen LogP contribution in [0.5, 0.6) is 0 Å². The zero-order valence-corrected chi connectivity index (χ0v) is 37.7. The molecule has 336 valence electrons. The molecule has 0 radical (unpaired) electrons. The minimum atomic E-state index is -3.33. The summed E-state index contributed by atoms with van der Waals surface area (Å²) in [6.45, 7) is 11.6. The summed E-state index contributed by atoms with van der Waals surface area (Å²) in [5, 5.41) is 21.5. The summed E-state index contributed by atoms with van der Waals surface area (Å²) in [6, 6.07) is 16.5. The van der Waals surface area contributed by atoms with Crippen LogP contribution in [0.4, 0.5) is 20.4 Å². The number of nitrogens with one attached hydrogen (secondary N) is 2. The molecule has 2 aliphatic rings. The van der Waals surface area contributed by atoms with Crippen molar-refractivity contribution in [3.63, 3.8) is 0 Å². The fraction of sp³-hybridized carbons (Fsp3) is 0.378. The van der Waals surface area contributed by atoms with Gasteiger partial charge in [-0.05, 0) is 137 Å². The molecular weight excluding hydrogens is 843 g/mol. The molecule has 4 atom stereocenters. The number of amides is 2. The zero-order valence-electron chi connectivity index (χ0n) is 36.9. The molecule has 8 rings (SSSR count). The van der Waals surface area contributed by atoms with Crippen molar-refractivity contribution in [3.8, 4) is 23.0 Å². The number of benzene rings is 2. The van der Waals surface area contributed by atoms with Gasteiger partial charge >= 0.3 is 0 Å². The van der Waals surface area contributed by atoms with Crippen LogP contribution in [-0.2, 0) is 10.0 Å². The topological polar surface area (TPSA) is 209 Å². The second-order valence-electron chi connectivity index (χ2n) is 17.1. The fourth-order valence-electron chi connectivity index (χ4n) is 7.56. The Kier molecular flexibility index (Phi) is 13.2. The van der Waals surface area contributed by atoms with Gasteiger partial charge in [-0.2, -0.15) is 0 Å². The molecule has 0 aliphatic heterocycles. The Morgan fingerprint density at radius 3 is 1.59 bits per heavy atom. The molecule has 16 nitrogen and oxygen atoms in total. The Labute approximate surface area is 370 Å². The van der Waals surface area contributed by atoms with Gasteiger partial charge in [0.2, 0.25) is 10.0 Å². The fourth-order valence-corrected chi connectivity index (χ4v) is 8.77. The van der Waals surface area contributed by atoms with E-state index < -0.39 is 33.5 Å². The van der Waals surface area contributed by atoms with Gasteiger partial charge in [0.25, 0.3) is 11.8 Å². The maximum Gasteiger partial charge on any atom is 0.259 e. The number of nitrogens with two attached hydrogens (primary N) is 1. The van der Waals surface area contributed by atoms with E-state index in [1.165, 1.54) is 36.6 Å².